The number of carbonyl (C=O) groups is 1. The van der Waals surface area contributed by atoms with E-state index in [1.807, 2.05) is 30.3 Å². The van der Waals surface area contributed by atoms with Gasteiger partial charge in [-0.1, -0.05) is 18.2 Å². The molecule has 0 aromatic heterocycles. The summed E-state index contributed by atoms with van der Waals surface area (Å²) in [5.74, 6) is -0.455. The van der Waals surface area contributed by atoms with Crippen molar-refractivity contribution in [1.29, 1.82) is 0 Å². The van der Waals surface area contributed by atoms with E-state index in [4.69, 9.17) is 0 Å². The van der Waals surface area contributed by atoms with Crippen LogP contribution < -0.4 is 10.4 Å². The van der Waals surface area contributed by atoms with E-state index in [9.17, 15) is 13.2 Å². The fourth-order valence-corrected chi connectivity index (χ4v) is 1.79. The van der Waals surface area contributed by atoms with Gasteiger partial charge >= 0.3 is 0 Å². The van der Waals surface area contributed by atoms with Gasteiger partial charge in [0.25, 0.3) is 0 Å². The molecular formula is C11H16N2O3S. The number of nitrogens with zero attached hydrogens (tertiary/aromatic N) is 1. The van der Waals surface area contributed by atoms with Crippen molar-refractivity contribution >= 4 is 21.4 Å². The first-order chi connectivity index (χ1) is 7.88. The number of rotatable bonds is 5. The van der Waals surface area contributed by atoms with Crippen molar-refractivity contribution < 1.29 is 13.2 Å². The summed E-state index contributed by atoms with van der Waals surface area (Å²) in [7, 11) is -1.40. The highest BCUT2D eigenvalue weighted by atomic mass is 32.2. The molecule has 0 fully saturated rings. The first kappa shape index (κ1) is 13.5. The molecule has 0 aliphatic rings. The van der Waals surface area contributed by atoms with E-state index >= 15 is 0 Å². The number of nitrogens with one attached hydrogen (secondary N) is 1. The van der Waals surface area contributed by atoms with Crippen LogP contribution in [0.2, 0.25) is 0 Å². The average Bonchev–Trinajstić information content (AvgIpc) is 2.27. The van der Waals surface area contributed by atoms with E-state index in [1.165, 1.54) is 0 Å². The third kappa shape index (κ3) is 5.35. The Kier molecular flexibility index (Phi) is 4.51. The molecule has 0 atom stereocenters. The normalized spacial score (nSPS) is 10.9. The van der Waals surface area contributed by atoms with Crippen molar-refractivity contribution in [2.75, 3.05) is 24.1 Å². The van der Waals surface area contributed by atoms with Gasteiger partial charge in [-0.15, -0.1) is 0 Å². The topological polar surface area (TPSA) is 66.5 Å². The highest BCUT2D eigenvalue weighted by Crippen LogP contribution is 2.08. The summed E-state index contributed by atoms with van der Waals surface area (Å²) in [5, 5.41) is 1.56. The fourth-order valence-electron chi connectivity index (χ4n) is 1.24. The quantitative estimate of drug-likeness (QED) is 0.783. The molecule has 0 saturated carbocycles. The Morgan fingerprint density at radius 2 is 1.88 bits per heavy atom. The average molecular weight is 256 g/mol. The second kappa shape index (κ2) is 5.67. The molecule has 17 heavy (non-hydrogen) atoms. The Morgan fingerprint density at radius 3 is 2.41 bits per heavy atom. The molecule has 1 aromatic carbocycles. The minimum Gasteiger partial charge on any atom is -0.289 e. The lowest BCUT2D eigenvalue weighted by Gasteiger charge is -2.19. The minimum atomic E-state index is -3.10. The molecular weight excluding hydrogens is 240 g/mol. The number of amides is 1. The zero-order valence-corrected chi connectivity index (χ0v) is 10.7. The molecule has 0 aliphatic heterocycles. The summed E-state index contributed by atoms with van der Waals surface area (Å²) >= 11 is 0. The van der Waals surface area contributed by atoms with Gasteiger partial charge in [0.15, 0.2) is 0 Å². The lowest BCUT2D eigenvalue weighted by atomic mass is 10.3. The van der Waals surface area contributed by atoms with E-state index < -0.39 is 9.84 Å². The second-order valence-corrected chi connectivity index (χ2v) is 6.07. The van der Waals surface area contributed by atoms with Gasteiger partial charge in [0, 0.05) is 19.7 Å². The SMILES string of the molecule is CN(NC(=O)CCS(C)(=O)=O)c1ccccc1. The Morgan fingerprint density at radius 1 is 1.29 bits per heavy atom. The molecule has 1 amide bonds. The van der Waals surface area contributed by atoms with Crippen LogP contribution in [-0.4, -0.2) is 33.4 Å². The van der Waals surface area contributed by atoms with Crippen LogP contribution in [0.5, 0.6) is 0 Å². The smallest absolute Gasteiger partial charge is 0.239 e. The van der Waals surface area contributed by atoms with Crippen LogP contribution in [0.4, 0.5) is 5.69 Å². The number of sulfone groups is 1. The Bertz CT molecular complexity index is 471. The van der Waals surface area contributed by atoms with E-state index in [0.717, 1.165) is 11.9 Å². The molecule has 0 aliphatic carbocycles. The largest absolute Gasteiger partial charge is 0.289 e. The van der Waals surface area contributed by atoms with Gasteiger partial charge in [-0.3, -0.25) is 15.2 Å². The van der Waals surface area contributed by atoms with Crippen molar-refractivity contribution in [3.63, 3.8) is 0 Å². The number of hydrazine groups is 1. The molecule has 0 spiro atoms. The predicted octanol–water partition coefficient (Wildman–Crippen LogP) is 0.589. The molecule has 5 nitrogen and oxygen atoms in total. The van der Waals surface area contributed by atoms with Crippen LogP contribution in [0, 0.1) is 0 Å². The van der Waals surface area contributed by atoms with Crippen LogP contribution in [0.25, 0.3) is 0 Å². The lowest BCUT2D eigenvalue weighted by molar-refractivity contribution is -0.120. The first-order valence-electron chi connectivity index (χ1n) is 5.14. The van der Waals surface area contributed by atoms with Crippen LogP contribution in [-0.2, 0) is 14.6 Å². The number of hydrogen-bond acceptors (Lipinski definition) is 4. The van der Waals surface area contributed by atoms with Crippen LogP contribution in [0.15, 0.2) is 30.3 Å². The highest BCUT2D eigenvalue weighted by Gasteiger charge is 2.09. The van der Waals surface area contributed by atoms with E-state index in [0.29, 0.717) is 0 Å². The van der Waals surface area contributed by atoms with Crippen molar-refractivity contribution in [2.24, 2.45) is 0 Å². The summed E-state index contributed by atoms with van der Waals surface area (Å²) in [5.41, 5.74) is 3.43. The van der Waals surface area contributed by atoms with E-state index in [1.54, 1.807) is 12.1 Å². The molecule has 0 bridgehead atoms. The third-order valence-electron chi connectivity index (χ3n) is 2.14. The maximum atomic E-state index is 11.5. The Balaban J connectivity index is 2.47. The zero-order valence-electron chi connectivity index (χ0n) is 9.88. The molecule has 1 rings (SSSR count). The van der Waals surface area contributed by atoms with Crippen LogP contribution >= 0.6 is 0 Å². The maximum absolute atomic E-state index is 11.5. The molecule has 1 aromatic rings. The standard InChI is InChI=1S/C11H16N2O3S/c1-13(10-6-4-3-5-7-10)12-11(14)8-9-17(2,15)16/h3-7H,8-9H2,1-2H3,(H,12,14). The number of para-hydroxylation sites is 1. The van der Waals surface area contributed by atoms with Gasteiger partial charge in [0.2, 0.25) is 5.91 Å². The fraction of sp³-hybridized carbons (Fsp3) is 0.364. The summed E-state index contributed by atoms with van der Waals surface area (Å²) in [6.07, 6.45) is 1.08. The van der Waals surface area contributed by atoms with Gasteiger partial charge in [-0.2, -0.15) is 0 Å². The van der Waals surface area contributed by atoms with Crippen molar-refractivity contribution in [1.82, 2.24) is 5.43 Å². The molecule has 1 N–H and O–H groups in total. The Labute approximate surface area is 101 Å². The number of benzene rings is 1. The second-order valence-electron chi connectivity index (χ2n) is 3.81. The maximum Gasteiger partial charge on any atom is 0.239 e. The predicted molar refractivity (Wildman–Crippen MR) is 67.3 cm³/mol. The number of carbonyl (C=O) groups excluding carboxylic acids is 1. The molecule has 0 saturated heterocycles. The van der Waals surface area contributed by atoms with Gasteiger partial charge < -0.3 is 0 Å². The lowest BCUT2D eigenvalue weighted by Crippen LogP contribution is -2.39. The summed E-state index contributed by atoms with van der Waals surface area (Å²) in [6, 6.07) is 9.28. The minimum absolute atomic E-state index is 0.0317. The monoisotopic (exact) mass is 256 g/mol. The van der Waals surface area contributed by atoms with Crippen molar-refractivity contribution in [3.8, 4) is 0 Å². The summed E-state index contributed by atoms with van der Waals surface area (Å²) in [6.45, 7) is 0. The Hall–Kier alpha value is -1.56. The highest BCUT2D eigenvalue weighted by molar-refractivity contribution is 7.90. The molecule has 0 radical (unpaired) electrons. The summed E-state index contributed by atoms with van der Waals surface area (Å²) < 4.78 is 21.8. The van der Waals surface area contributed by atoms with Crippen LogP contribution in [0.3, 0.4) is 0 Å². The summed E-state index contributed by atoms with van der Waals surface area (Å²) in [4.78, 5) is 11.5. The zero-order chi connectivity index (χ0) is 12.9. The molecule has 0 heterocycles. The van der Waals surface area contributed by atoms with Gasteiger partial charge in [-0.25, -0.2) is 8.42 Å². The van der Waals surface area contributed by atoms with E-state index in [-0.39, 0.29) is 18.1 Å². The third-order valence-corrected chi connectivity index (χ3v) is 3.08. The van der Waals surface area contributed by atoms with Gasteiger partial charge in [0.1, 0.15) is 9.84 Å². The van der Waals surface area contributed by atoms with Gasteiger partial charge in [-0.05, 0) is 12.1 Å². The first-order valence-corrected chi connectivity index (χ1v) is 7.20. The molecule has 94 valence electrons. The molecule has 6 heteroatoms. The van der Waals surface area contributed by atoms with Crippen molar-refractivity contribution in [3.05, 3.63) is 30.3 Å². The number of hydrogen-bond donors (Lipinski definition) is 1. The van der Waals surface area contributed by atoms with Gasteiger partial charge in [0.05, 0.1) is 11.4 Å². The van der Waals surface area contributed by atoms with E-state index in [2.05, 4.69) is 5.43 Å². The molecule has 0 unspecified atom stereocenters. The van der Waals surface area contributed by atoms with Crippen molar-refractivity contribution in [2.45, 2.75) is 6.42 Å². The number of anilines is 1. The van der Waals surface area contributed by atoms with Crippen LogP contribution in [0.1, 0.15) is 6.42 Å².